The van der Waals surface area contributed by atoms with Gasteiger partial charge in [0.25, 0.3) is 0 Å². The molecule has 1 aromatic rings. The van der Waals surface area contributed by atoms with Crippen LogP contribution < -0.4 is 10.2 Å². The van der Waals surface area contributed by atoms with Crippen molar-refractivity contribution in [2.75, 3.05) is 11.4 Å². The van der Waals surface area contributed by atoms with Crippen LogP contribution in [0.25, 0.3) is 0 Å². The maximum Gasteiger partial charge on any atom is 0.322 e. The van der Waals surface area contributed by atoms with Gasteiger partial charge in [-0.1, -0.05) is 30.9 Å². The smallest absolute Gasteiger partial charge is 0.322 e. The van der Waals surface area contributed by atoms with Gasteiger partial charge >= 0.3 is 6.03 Å². The molecular weight excluding hydrogens is 288 g/mol. The summed E-state index contributed by atoms with van der Waals surface area (Å²) < 4.78 is 0. The quantitative estimate of drug-likeness (QED) is 0.858. The van der Waals surface area contributed by atoms with Crippen molar-refractivity contribution in [2.24, 2.45) is 0 Å². The van der Waals surface area contributed by atoms with Crippen LogP contribution in [0.15, 0.2) is 18.2 Å². The van der Waals surface area contributed by atoms with Crippen LogP contribution >= 0.6 is 11.6 Å². The van der Waals surface area contributed by atoms with Gasteiger partial charge in [-0.2, -0.15) is 0 Å². The van der Waals surface area contributed by atoms with Crippen molar-refractivity contribution in [1.82, 2.24) is 5.32 Å². The van der Waals surface area contributed by atoms with E-state index in [1.807, 2.05) is 0 Å². The molecule has 0 radical (unpaired) electrons. The van der Waals surface area contributed by atoms with Gasteiger partial charge in [0.2, 0.25) is 0 Å². The molecule has 112 valence electrons. The number of hydrogen-bond acceptors (Lipinski definition) is 2. The van der Waals surface area contributed by atoms with Crippen molar-refractivity contribution in [3.63, 3.8) is 0 Å². The molecule has 2 aliphatic rings. The number of fused-ring (bicyclic) bond motifs is 1. The number of urea groups is 1. The number of carbonyl (C=O) groups excluding carboxylic acids is 2. The fourth-order valence-corrected chi connectivity index (χ4v) is 3.32. The van der Waals surface area contributed by atoms with Gasteiger partial charge in [0, 0.05) is 29.6 Å². The number of amides is 2. The van der Waals surface area contributed by atoms with E-state index in [9.17, 15) is 9.59 Å². The molecule has 1 fully saturated rings. The first-order chi connectivity index (χ1) is 10.1. The van der Waals surface area contributed by atoms with E-state index in [0.717, 1.165) is 12.8 Å². The number of nitrogens with one attached hydrogen (secondary N) is 1. The summed E-state index contributed by atoms with van der Waals surface area (Å²) in [6.07, 6.45) is 6.06. The van der Waals surface area contributed by atoms with Gasteiger partial charge in [0.05, 0.1) is 5.69 Å². The zero-order chi connectivity index (χ0) is 14.8. The van der Waals surface area contributed by atoms with Gasteiger partial charge in [-0.15, -0.1) is 0 Å². The van der Waals surface area contributed by atoms with E-state index in [0.29, 0.717) is 29.2 Å². The highest BCUT2D eigenvalue weighted by Crippen LogP contribution is 2.30. The number of halogens is 1. The molecule has 3 rings (SSSR count). The van der Waals surface area contributed by atoms with Crippen LogP contribution in [-0.2, 0) is 0 Å². The molecular formula is C16H19ClN2O2. The molecule has 1 N–H and O–H groups in total. The van der Waals surface area contributed by atoms with Crippen LogP contribution in [0.2, 0.25) is 5.02 Å². The van der Waals surface area contributed by atoms with Crippen LogP contribution in [0.4, 0.5) is 10.5 Å². The molecule has 0 atom stereocenters. The summed E-state index contributed by atoms with van der Waals surface area (Å²) in [6.45, 7) is 0.437. The summed E-state index contributed by atoms with van der Waals surface area (Å²) in [4.78, 5) is 26.1. The third-order valence-electron chi connectivity index (χ3n) is 4.29. The summed E-state index contributed by atoms with van der Waals surface area (Å²) in [6, 6.07) is 5.30. The van der Waals surface area contributed by atoms with E-state index in [-0.39, 0.29) is 17.9 Å². The molecule has 1 heterocycles. The Labute approximate surface area is 129 Å². The van der Waals surface area contributed by atoms with Gasteiger partial charge in [-0.05, 0) is 31.0 Å². The number of hydrogen-bond donors (Lipinski definition) is 1. The summed E-state index contributed by atoms with van der Waals surface area (Å²) in [7, 11) is 0. The zero-order valence-electron chi connectivity index (χ0n) is 11.9. The highest BCUT2D eigenvalue weighted by Gasteiger charge is 2.28. The van der Waals surface area contributed by atoms with Crippen molar-refractivity contribution in [3.8, 4) is 0 Å². The van der Waals surface area contributed by atoms with Crippen molar-refractivity contribution in [1.29, 1.82) is 0 Å². The summed E-state index contributed by atoms with van der Waals surface area (Å²) in [5.74, 6) is 0.0502. The third-order valence-corrected chi connectivity index (χ3v) is 4.53. The first kappa shape index (κ1) is 14.4. The van der Waals surface area contributed by atoms with Crippen LogP contribution in [-0.4, -0.2) is 24.4 Å². The highest BCUT2D eigenvalue weighted by molar-refractivity contribution is 6.31. The predicted molar refractivity (Wildman–Crippen MR) is 83.2 cm³/mol. The molecule has 5 heteroatoms. The lowest BCUT2D eigenvalue weighted by molar-refractivity contribution is 0.0981. The Morgan fingerprint density at radius 3 is 2.76 bits per heavy atom. The second-order valence-corrected chi connectivity index (χ2v) is 6.21. The largest absolute Gasteiger partial charge is 0.335 e. The molecule has 0 saturated heterocycles. The number of ketones is 1. The van der Waals surface area contributed by atoms with E-state index in [1.54, 1.807) is 23.1 Å². The van der Waals surface area contributed by atoms with E-state index >= 15 is 0 Å². The Bertz CT molecular complexity index is 567. The highest BCUT2D eigenvalue weighted by atomic mass is 35.5. The molecule has 0 bridgehead atoms. The Morgan fingerprint density at radius 2 is 2.00 bits per heavy atom. The Hall–Kier alpha value is -1.55. The van der Waals surface area contributed by atoms with Crippen molar-refractivity contribution in [3.05, 3.63) is 28.8 Å². The Kier molecular flexibility index (Phi) is 4.15. The minimum atomic E-state index is -0.0991. The molecule has 1 aliphatic carbocycles. The lowest BCUT2D eigenvalue weighted by Gasteiger charge is -2.31. The number of anilines is 1. The van der Waals surface area contributed by atoms with Crippen molar-refractivity contribution < 1.29 is 9.59 Å². The van der Waals surface area contributed by atoms with E-state index in [4.69, 9.17) is 11.6 Å². The number of rotatable bonds is 1. The lowest BCUT2D eigenvalue weighted by Crippen LogP contribution is -2.48. The van der Waals surface area contributed by atoms with Gasteiger partial charge in [-0.3, -0.25) is 9.69 Å². The first-order valence-electron chi connectivity index (χ1n) is 7.56. The Morgan fingerprint density at radius 1 is 1.24 bits per heavy atom. The summed E-state index contributed by atoms with van der Waals surface area (Å²) in [5, 5.41) is 3.63. The second-order valence-electron chi connectivity index (χ2n) is 5.77. The van der Waals surface area contributed by atoms with Crippen LogP contribution in [0.3, 0.4) is 0 Å². The van der Waals surface area contributed by atoms with E-state index < -0.39 is 0 Å². The SMILES string of the molecule is O=C1CCN(C(=O)NC2CCCCC2)c2ccc(Cl)cc21. The monoisotopic (exact) mass is 306 g/mol. The molecule has 0 aromatic heterocycles. The number of carbonyl (C=O) groups is 2. The summed E-state index contributed by atoms with van der Waals surface area (Å²) in [5.41, 5.74) is 1.22. The van der Waals surface area contributed by atoms with Gasteiger partial charge < -0.3 is 5.32 Å². The molecule has 0 unspecified atom stereocenters. The van der Waals surface area contributed by atoms with Crippen LogP contribution in [0.1, 0.15) is 48.9 Å². The van der Waals surface area contributed by atoms with Gasteiger partial charge in [0.1, 0.15) is 0 Å². The maximum absolute atomic E-state index is 12.5. The number of nitrogens with zero attached hydrogens (tertiary/aromatic N) is 1. The molecule has 1 saturated carbocycles. The van der Waals surface area contributed by atoms with Crippen molar-refractivity contribution >= 4 is 29.1 Å². The zero-order valence-corrected chi connectivity index (χ0v) is 12.7. The average Bonchev–Trinajstić information content (AvgIpc) is 2.49. The van der Waals surface area contributed by atoms with Gasteiger partial charge in [0.15, 0.2) is 5.78 Å². The number of Topliss-reactive ketones (excluding diaryl/α,β-unsaturated/α-hetero) is 1. The van der Waals surface area contributed by atoms with E-state index in [1.165, 1.54) is 19.3 Å². The normalized spacial score (nSPS) is 19.3. The molecule has 0 spiro atoms. The Balaban J connectivity index is 1.78. The third kappa shape index (κ3) is 3.05. The molecule has 2 amide bonds. The number of benzene rings is 1. The standard InChI is InChI=1S/C16H19ClN2O2/c17-11-6-7-14-13(10-11)15(20)8-9-19(14)16(21)18-12-4-2-1-3-5-12/h6-7,10,12H,1-5,8-9H2,(H,18,21). The van der Waals surface area contributed by atoms with E-state index in [2.05, 4.69) is 5.32 Å². The molecule has 4 nitrogen and oxygen atoms in total. The fraction of sp³-hybridized carbons (Fsp3) is 0.500. The first-order valence-corrected chi connectivity index (χ1v) is 7.94. The lowest BCUT2D eigenvalue weighted by atomic mass is 9.95. The second kappa shape index (κ2) is 6.06. The van der Waals surface area contributed by atoms with Crippen LogP contribution in [0, 0.1) is 0 Å². The molecule has 1 aromatic carbocycles. The predicted octanol–water partition coefficient (Wildman–Crippen LogP) is 3.78. The fourth-order valence-electron chi connectivity index (χ4n) is 3.15. The summed E-state index contributed by atoms with van der Waals surface area (Å²) >= 11 is 5.95. The maximum atomic E-state index is 12.5. The average molecular weight is 307 g/mol. The minimum Gasteiger partial charge on any atom is -0.335 e. The molecule has 1 aliphatic heterocycles. The van der Waals surface area contributed by atoms with Gasteiger partial charge in [-0.25, -0.2) is 4.79 Å². The topological polar surface area (TPSA) is 49.4 Å². The van der Waals surface area contributed by atoms with Crippen molar-refractivity contribution in [2.45, 2.75) is 44.6 Å². The minimum absolute atomic E-state index is 0.0502. The molecule has 21 heavy (non-hydrogen) atoms. The van der Waals surface area contributed by atoms with Crippen LogP contribution in [0.5, 0.6) is 0 Å².